The van der Waals surface area contributed by atoms with Gasteiger partial charge in [-0.25, -0.2) is 0 Å². The lowest BCUT2D eigenvalue weighted by molar-refractivity contribution is 1.43. The lowest BCUT2D eigenvalue weighted by atomic mass is 10.4. The fraction of sp³-hybridized carbons (Fsp3) is 0. The lowest BCUT2D eigenvalue weighted by Crippen LogP contribution is -1.93. The van der Waals surface area contributed by atoms with Crippen LogP contribution >= 0.6 is 31.9 Å². The van der Waals surface area contributed by atoms with E-state index in [4.69, 9.17) is 5.73 Å². The molecule has 0 spiro atoms. The highest BCUT2D eigenvalue weighted by Gasteiger charge is 1.89. The van der Waals surface area contributed by atoms with Gasteiger partial charge in [0.1, 0.15) is 0 Å². The number of allylic oxidation sites excluding steroid dienone is 3. The largest absolute Gasteiger partial charge is 0.397 e. The molecule has 3 heteroatoms. The summed E-state index contributed by atoms with van der Waals surface area (Å²) in [5, 5.41) is 0. The molecule has 50 valence electrons. The second-order valence-electron chi connectivity index (χ2n) is 1.31. The zero-order chi connectivity index (χ0) is 7.28. The molecule has 0 aromatic carbocycles. The van der Waals surface area contributed by atoms with Gasteiger partial charge in [0.05, 0.1) is 5.70 Å². The summed E-state index contributed by atoms with van der Waals surface area (Å²) in [6, 6.07) is 0. The van der Waals surface area contributed by atoms with E-state index in [9.17, 15) is 0 Å². The van der Waals surface area contributed by atoms with Crippen molar-refractivity contribution in [1.82, 2.24) is 0 Å². The quantitative estimate of drug-likeness (QED) is 0.752. The summed E-state index contributed by atoms with van der Waals surface area (Å²) in [6.45, 7) is 3.51. The molecule has 0 heterocycles. The van der Waals surface area contributed by atoms with Crippen molar-refractivity contribution in [1.29, 1.82) is 0 Å². The standard InChI is InChI=1S/C6H7Br2N/c1-2-3-5(8)6(9)4-7/h2-4H,1,9H2/b5-3+,6-4-. The summed E-state index contributed by atoms with van der Waals surface area (Å²) in [7, 11) is 0. The van der Waals surface area contributed by atoms with Gasteiger partial charge in [-0.05, 0) is 22.0 Å². The molecule has 0 bridgehead atoms. The SMILES string of the molecule is C=C/C=C(Br)\C(N)=C\Br. The van der Waals surface area contributed by atoms with Crippen LogP contribution in [0.4, 0.5) is 0 Å². The van der Waals surface area contributed by atoms with E-state index < -0.39 is 0 Å². The van der Waals surface area contributed by atoms with Crippen LogP contribution in [0.25, 0.3) is 0 Å². The molecule has 1 nitrogen and oxygen atoms in total. The maximum Gasteiger partial charge on any atom is 0.0528 e. The van der Waals surface area contributed by atoms with Gasteiger partial charge in [-0.3, -0.25) is 0 Å². The van der Waals surface area contributed by atoms with E-state index in [1.165, 1.54) is 0 Å². The number of hydrogen-bond acceptors (Lipinski definition) is 1. The highest BCUT2D eigenvalue weighted by molar-refractivity contribution is 9.12. The fourth-order valence-corrected chi connectivity index (χ4v) is 1.11. The highest BCUT2D eigenvalue weighted by atomic mass is 79.9. The Morgan fingerprint density at radius 3 is 2.44 bits per heavy atom. The summed E-state index contributed by atoms with van der Waals surface area (Å²) in [4.78, 5) is 1.64. The fourth-order valence-electron chi connectivity index (χ4n) is 0.252. The first-order valence-electron chi connectivity index (χ1n) is 2.26. The van der Waals surface area contributed by atoms with Crippen molar-refractivity contribution in [3.8, 4) is 0 Å². The smallest absolute Gasteiger partial charge is 0.0528 e. The van der Waals surface area contributed by atoms with Crippen LogP contribution in [0.5, 0.6) is 0 Å². The average Bonchev–Trinajstić information content (AvgIpc) is 1.87. The van der Waals surface area contributed by atoms with Crippen molar-refractivity contribution >= 4 is 31.9 Å². The van der Waals surface area contributed by atoms with E-state index in [0.717, 1.165) is 4.48 Å². The monoisotopic (exact) mass is 251 g/mol. The minimum atomic E-state index is 0.648. The Bertz CT molecular complexity index is 158. The minimum Gasteiger partial charge on any atom is -0.397 e. The van der Waals surface area contributed by atoms with Crippen LogP contribution in [-0.2, 0) is 0 Å². The Morgan fingerprint density at radius 2 is 2.11 bits per heavy atom. The summed E-state index contributed by atoms with van der Waals surface area (Å²) in [5.41, 5.74) is 6.10. The third-order valence-electron chi connectivity index (χ3n) is 0.658. The normalized spacial score (nSPS) is 13.6. The molecule has 0 rings (SSSR count). The van der Waals surface area contributed by atoms with Crippen molar-refractivity contribution < 1.29 is 0 Å². The van der Waals surface area contributed by atoms with Gasteiger partial charge < -0.3 is 5.73 Å². The van der Waals surface area contributed by atoms with Gasteiger partial charge in [0.25, 0.3) is 0 Å². The molecule has 0 atom stereocenters. The molecule has 0 fully saturated rings. The average molecular weight is 253 g/mol. The van der Waals surface area contributed by atoms with E-state index in [-0.39, 0.29) is 0 Å². The van der Waals surface area contributed by atoms with E-state index >= 15 is 0 Å². The molecule has 0 aromatic heterocycles. The van der Waals surface area contributed by atoms with Crippen LogP contribution in [-0.4, -0.2) is 0 Å². The van der Waals surface area contributed by atoms with Gasteiger partial charge in [-0.1, -0.05) is 28.6 Å². The number of halogens is 2. The van der Waals surface area contributed by atoms with Crippen LogP contribution in [0.3, 0.4) is 0 Å². The van der Waals surface area contributed by atoms with Crippen LogP contribution in [0, 0.1) is 0 Å². The van der Waals surface area contributed by atoms with Crippen LogP contribution in [0.1, 0.15) is 0 Å². The molecule has 0 saturated heterocycles. The molecule has 0 aromatic rings. The van der Waals surface area contributed by atoms with Gasteiger partial charge in [0.15, 0.2) is 0 Å². The number of hydrogen-bond donors (Lipinski definition) is 1. The topological polar surface area (TPSA) is 26.0 Å². The van der Waals surface area contributed by atoms with Crippen LogP contribution in [0.2, 0.25) is 0 Å². The zero-order valence-corrected chi connectivity index (χ0v) is 7.94. The molecule has 0 aliphatic carbocycles. The molecule has 0 radical (unpaired) electrons. The first-order valence-corrected chi connectivity index (χ1v) is 3.97. The zero-order valence-electron chi connectivity index (χ0n) is 4.77. The van der Waals surface area contributed by atoms with Gasteiger partial charge in [0.2, 0.25) is 0 Å². The summed E-state index contributed by atoms with van der Waals surface area (Å²) >= 11 is 6.32. The Balaban J connectivity index is 4.19. The second kappa shape index (κ2) is 4.82. The van der Waals surface area contributed by atoms with E-state index in [1.54, 1.807) is 17.1 Å². The van der Waals surface area contributed by atoms with Crippen LogP contribution < -0.4 is 5.73 Å². The molecule has 9 heavy (non-hydrogen) atoms. The van der Waals surface area contributed by atoms with E-state index in [1.807, 2.05) is 0 Å². The van der Waals surface area contributed by atoms with Crippen molar-refractivity contribution in [2.24, 2.45) is 5.73 Å². The first kappa shape index (κ1) is 8.98. The maximum absolute atomic E-state index is 5.45. The van der Waals surface area contributed by atoms with Crippen molar-refractivity contribution in [3.63, 3.8) is 0 Å². The van der Waals surface area contributed by atoms with Crippen molar-refractivity contribution in [3.05, 3.63) is 33.9 Å². The highest BCUT2D eigenvalue weighted by Crippen LogP contribution is 2.12. The summed E-state index contributed by atoms with van der Waals surface area (Å²) in [5.74, 6) is 0. The van der Waals surface area contributed by atoms with Gasteiger partial charge in [0, 0.05) is 9.47 Å². The first-order chi connectivity index (χ1) is 4.22. The second-order valence-corrected chi connectivity index (χ2v) is 2.63. The lowest BCUT2D eigenvalue weighted by Gasteiger charge is -1.93. The molecular weight excluding hydrogens is 246 g/mol. The predicted octanol–water partition coefficient (Wildman–Crippen LogP) is 2.65. The third-order valence-corrected chi connectivity index (χ3v) is 1.87. The van der Waals surface area contributed by atoms with Gasteiger partial charge >= 0.3 is 0 Å². The maximum atomic E-state index is 5.45. The summed E-state index contributed by atoms with van der Waals surface area (Å²) < 4.78 is 0.828. The van der Waals surface area contributed by atoms with E-state index in [2.05, 4.69) is 38.4 Å². The molecule has 0 aliphatic rings. The van der Waals surface area contributed by atoms with Gasteiger partial charge in [-0.2, -0.15) is 0 Å². The van der Waals surface area contributed by atoms with Crippen LogP contribution in [0.15, 0.2) is 33.9 Å². The Hall–Kier alpha value is -0.0200. The Kier molecular flexibility index (Phi) is 4.81. The molecular formula is C6H7Br2N. The predicted molar refractivity (Wildman–Crippen MR) is 48.4 cm³/mol. The van der Waals surface area contributed by atoms with Crippen molar-refractivity contribution in [2.75, 3.05) is 0 Å². The third kappa shape index (κ3) is 3.54. The van der Waals surface area contributed by atoms with Crippen molar-refractivity contribution in [2.45, 2.75) is 0 Å². The number of nitrogens with two attached hydrogens (primary N) is 1. The van der Waals surface area contributed by atoms with Gasteiger partial charge in [-0.15, -0.1) is 0 Å². The minimum absolute atomic E-state index is 0.648. The molecule has 2 N–H and O–H groups in total. The molecule has 0 aliphatic heterocycles. The Morgan fingerprint density at radius 1 is 1.56 bits per heavy atom. The Labute approximate surface area is 71.6 Å². The molecule has 0 amide bonds. The molecule has 0 saturated carbocycles. The summed E-state index contributed by atoms with van der Waals surface area (Å²) in [6.07, 6.45) is 3.43. The number of rotatable bonds is 2. The van der Waals surface area contributed by atoms with E-state index in [0.29, 0.717) is 5.70 Å². The molecule has 0 unspecified atom stereocenters.